The second-order valence-corrected chi connectivity index (χ2v) is 5.11. The third kappa shape index (κ3) is 5.70. The first-order valence-corrected chi connectivity index (χ1v) is 7.41. The van der Waals surface area contributed by atoms with Crippen LogP contribution >= 0.6 is 0 Å². The van der Waals surface area contributed by atoms with E-state index in [2.05, 4.69) is 18.7 Å². The van der Waals surface area contributed by atoms with Crippen LogP contribution in [0.5, 0.6) is 0 Å². The fourth-order valence-corrected chi connectivity index (χ4v) is 2.12. The van der Waals surface area contributed by atoms with Gasteiger partial charge in [-0.3, -0.25) is 4.90 Å². The van der Waals surface area contributed by atoms with E-state index in [4.69, 9.17) is 5.73 Å². The largest absolute Gasteiger partial charge is 0.326 e. The van der Waals surface area contributed by atoms with Gasteiger partial charge in [0.15, 0.2) is 0 Å². The minimum Gasteiger partial charge on any atom is -0.326 e. The van der Waals surface area contributed by atoms with E-state index < -0.39 is 0 Å². The Morgan fingerprint density at radius 2 is 1.74 bits per heavy atom. The Hall–Kier alpha value is -0.930. The number of halogens is 1. The third-order valence-electron chi connectivity index (χ3n) is 3.40. The maximum absolute atomic E-state index is 14.0. The lowest BCUT2D eigenvalue weighted by molar-refractivity contribution is 0.253. The zero-order valence-electron chi connectivity index (χ0n) is 12.3. The van der Waals surface area contributed by atoms with Crippen LogP contribution in [-0.2, 0) is 13.1 Å². The fraction of sp³-hybridized carbons (Fsp3) is 0.625. The lowest BCUT2D eigenvalue weighted by atomic mass is 10.1. The molecule has 0 amide bonds. The molecule has 0 unspecified atom stereocenters. The molecule has 0 fully saturated rings. The third-order valence-corrected chi connectivity index (χ3v) is 3.40. The number of nitrogens with two attached hydrogens (primary N) is 1. The van der Waals surface area contributed by atoms with Crippen LogP contribution in [0.15, 0.2) is 18.2 Å². The molecule has 0 radical (unpaired) electrons. The number of unbranched alkanes of at least 4 members (excludes halogenated alkanes) is 2. The van der Waals surface area contributed by atoms with Crippen molar-refractivity contribution in [3.63, 3.8) is 0 Å². The van der Waals surface area contributed by atoms with Crippen molar-refractivity contribution in [3.8, 4) is 0 Å². The van der Waals surface area contributed by atoms with Gasteiger partial charge >= 0.3 is 0 Å². The van der Waals surface area contributed by atoms with E-state index in [-0.39, 0.29) is 5.82 Å². The minimum atomic E-state index is -0.124. The van der Waals surface area contributed by atoms with Crippen molar-refractivity contribution in [2.24, 2.45) is 5.73 Å². The summed E-state index contributed by atoms with van der Waals surface area (Å²) in [4.78, 5) is 2.35. The van der Waals surface area contributed by atoms with E-state index in [1.807, 2.05) is 12.1 Å². The summed E-state index contributed by atoms with van der Waals surface area (Å²) in [6.07, 6.45) is 4.70. The van der Waals surface area contributed by atoms with Gasteiger partial charge in [-0.05, 0) is 37.6 Å². The highest BCUT2D eigenvalue weighted by molar-refractivity contribution is 5.24. The van der Waals surface area contributed by atoms with Crippen LogP contribution in [0.2, 0.25) is 0 Å². The predicted octanol–water partition coefficient (Wildman–Crippen LogP) is 3.69. The summed E-state index contributed by atoms with van der Waals surface area (Å²) in [7, 11) is 0. The molecule has 3 heteroatoms. The Morgan fingerprint density at radius 3 is 2.21 bits per heavy atom. The molecule has 2 N–H and O–H groups in total. The highest BCUT2D eigenvalue weighted by Crippen LogP contribution is 2.14. The van der Waals surface area contributed by atoms with E-state index in [9.17, 15) is 4.39 Å². The van der Waals surface area contributed by atoms with E-state index in [0.717, 1.165) is 24.2 Å². The van der Waals surface area contributed by atoms with Gasteiger partial charge in [-0.2, -0.15) is 0 Å². The van der Waals surface area contributed by atoms with Gasteiger partial charge in [-0.15, -0.1) is 0 Å². The Balaban J connectivity index is 2.65. The standard InChI is InChI=1S/C16H27FN2/c1-3-5-9-19(10-6-4-2)13-15-8-7-14(12-18)11-16(15)17/h7-8,11H,3-6,9-10,12-13,18H2,1-2H3. The molecular weight excluding hydrogens is 239 g/mol. The Bertz CT molecular complexity index is 358. The summed E-state index contributed by atoms with van der Waals surface area (Å²) in [5, 5.41) is 0. The number of hydrogen-bond donors (Lipinski definition) is 1. The van der Waals surface area contributed by atoms with E-state index in [0.29, 0.717) is 13.1 Å². The van der Waals surface area contributed by atoms with Crippen LogP contribution in [0.3, 0.4) is 0 Å². The molecule has 0 aliphatic heterocycles. The van der Waals surface area contributed by atoms with E-state index in [1.165, 1.54) is 25.7 Å². The summed E-state index contributed by atoms with van der Waals surface area (Å²) < 4.78 is 14.0. The maximum Gasteiger partial charge on any atom is 0.128 e. The molecule has 0 aromatic heterocycles. The number of nitrogens with zero attached hydrogens (tertiary/aromatic N) is 1. The van der Waals surface area contributed by atoms with Crippen molar-refractivity contribution in [3.05, 3.63) is 35.1 Å². The van der Waals surface area contributed by atoms with Gasteiger partial charge in [-0.1, -0.05) is 38.8 Å². The van der Waals surface area contributed by atoms with Crippen molar-refractivity contribution in [2.45, 2.75) is 52.6 Å². The number of hydrogen-bond acceptors (Lipinski definition) is 2. The summed E-state index contributed by atoms with van der Waals surface area (Å²) in [6, 6.07) is 5.37. The maximum atomic E-state index is 14.0. The van der Waals surface area contributed by atoms with E-state index in [1.54, 1.807) is 6.07 Å². The predicted molar refractivity (Wildman–Crippen MR) is 79.4 cm³/mol. The van der Waals surface area contributed by atoms with Crippen LogP contribution in [0.4, 0.5) is 4.39 Å². The smallest absolute Gasteiger partial charge is 0.128 e. The second-order valence-electron chi connectivity index (χ2n) is 5.11. The topological polar surface area (TPSA) is 29.3 Å². The van der Waals surface area contributed by atoms with E-state index >= 15 is 0 Å². The molecule has 0 spiro atoms. The Morgan fingerprint density at radius 1 is 1.11 bits per heavy atom. The van der Waals surface area contributed by atoms with Crippen molar-refractivity contribution < 1.29 is 4.39 Å². The lowest BCUT2D eigenvalue weighted by Crippen LogP contribution is -2.26. The first-order valence-electron chi connectivity index (χ1n) is 7.41. The van der Waals surface area contributed by atoms with Crippen LogP contribution in [0.25, 0.3) is 0 Å². The van der Waals surface area contributed by atoms with Crippen molar-refractivity contribution in [1.82, 2.24) is 4.90 Å². The molecular formula is C16H27FN2. The molecule has 0 aliphatic carbocycles. The Labute approximate surface area is 116 Å². The van der Waals surface area contributed by atoms with Gasteiger partial charge in [0.05, 0.1) is 0 Å². The number of rotatable bonds is 9. The van der Waals surface area contributed by atoms with Gasteiger partial charge in [0, 0.05) is 18.7 Å². The Kier molecular flexibility index (Phi) is 7.68. The molecule has 0 bridgehead atoms. The van der Waals surface area contributed by atoms with Crippen LogP contribution in [0, 0.1) is 5.82 Å². The van der Waals surface area contributed by atoms with Crippen LogP contribution in [-0.4, -0.2) is 18.0 Å². The molecule has 2 nitrogen and oxygen atoms in total. The quantitative estimate of drug-likeness (QED) is 0.738. The highest BCUT2D eigenvalue weighted by Gasteiger charge is 2.09. The molecule has 1 aromatic rings. The molecule has 0 saturated heterocycles. The normalized spacial score (nSPS) is 11.2. The summed E-state index contributed by atoms with van der Waals surface area (Å²) in [5.74, 6) is -0.124. The van der Waals surface area contributed by atoms with Crippen molar-refractivity contribution in [1.29, 1.82) is 0 Å². The van der Waals surface area contributed by atoms with Crippen LogP contribution in [0.1, 0.15) is 50.7 Å². The molecule has 108 valence electrons. The SMILES string of the molecule is CCCCN(CCCC)Cc1ccc(CN)cc1F. The first-order chi connectivity index (χ1) is 9.21. The zero-order chi connectivity index (χ0) is 14.1. The fourth-order valence-electron chi connectivity index (χ4n) is 2.12. The van der Waals surface area contributed by atoms with Crippen molar-refractivity contribution in [2.75, 3.05) is 13.1 Å². The number of benzene rings is 1. The second kappa shape index (κ2) is 9.05. The van der Waals surface area contributed by atoms with Gasteiger partial charge in [0.2, 0.25) is 0 Å². The molecule has 1 aromatic carbocycles. The average Bonchev–Trinajstić information content (AvgIpc) is 2.43. The average molecular weight is 266 g/mol. The lowest BCUT2D eigenvalue weighted by Gasteiger charge is -2.22. The zero-order valence-corrected chi connectivity index (χ0v) is 12.3. The first kappa shape index (κ1) is 16.1. The molecule has 0 saturated carbocycles. The summed E-state index contributed by atoms with van der Waals surface area (Å²) in [5.41, 5.74) is 7.16. The molecule has 0 atom stereocenters. The summed E-state index contributed by atoms with van der Waals surface area (Å²) in [6.45, 7) is 7.58. The van der Waals surface area contributed by atoms with Crippen molar-refractivity contribution >= 4 is 0 Å². The molecule has 0 aliphatic rings. The van der Waals surface area contributed by atoms with Gasteiger partial charge < -0.3 is 5.73 Å². The monoisotopic (exact) mass is 266 g/mol. The molecule has 1 rings (SSSR count). The van der Waals surface area contributed by atoms with Crippen LogP contribution < -0.4 is 5.73 Å². The van der Waals surface area contributed by atoms with Gasteiger partial charge in [-0.25, -0.2) is 4.39 Å². The van der Waals surface area contributed by atoms with Gasteiger partial charge in [0.25, 0.3) is 0 Å². The molecule has 19 heavy (non-hydrogen) atoms. The highest BCUT2D eigenvalue weighted by atomic mass is 19.1. The molecule has 0 heterocycles. The summed E-state index contributed by atoms with van der Waals surface area (Å²) >= 11 is 0. The van der Waals surface area contributed by atoms with Gasteiger partial charge in [0.1, 0.15) is 5.82 Å². The minimum absolute atomic E-state index is 0.124.